The third-order valence-corrected chi connectivity index (χ3v) is 6.11. The van der Waals surface area contributed by atoms with Gasteiger partial charge in [0, 0.05) is 28.9 Å². The summed E-state index contributed by atoms with van der Waals surface area (Å²) in [5.41, 5.74) is 1.98. The van der Waals surface area contributed by atoms with Crippen LogP contribution in [0.3, 0.4) is 0 Å². The van der Waals surface area contributed by atoms with Gasteiger partial charge in [0.1, 0.15) is 0 Å². The molecule has 1 saturated carbocycles. The van der Waals surface area contributed by atoms with E-state index in [0.717, 1.165) is 18.4 Å². The van der Waals surface area contributed by atoms with Crippen LogP contribution in [0.5, 0.6) is 0 Å². The average molecular weight is 416 g/mol. The van der Waals surface area contributed by atoms with Gasteiger partial charge in [0.25, 0.3) is 11.8 Å². The summed E-state index contributed by atoms with van der Waals surface area (Å²) in [6.45, 7) is 5.28. The van der Waals surface area contributed by atoms with Crippen molar-refractivity contribution in [1.29, 1.82) is 0 Å². The molecule has 0 heterocycles. The van der Waals surface area contributed by atoms with E-state index in [1.807, 2.05) is 6.92 Å². The summed E-state index contributed by atoms with van der Waals surface area (Å²) in [5.74, 6) is -0.620. The zero-order valence-electron chi connectivity index (χ0n) is 16.7. The average Bonchev–Trinajstić information content (AvgIpc) is 3.46. The van der Waals surface area contributed by atoms with Crippen LogP contribution < -0.4 is 15.4 Å². The summed E-state index contributed by atoms with van der Waals surface area (Å²) in [6, 6.07) is 10.9. The number of rotatable bonds is 7. The van der Waals surface area contributed by atoms with Gasteiger partial charge in [0.05, 0.1) is 4.90 Å². The molecular formula is C21H25N3O4S. The molecule has 7 nitrogen and oxygen atoms in total. The molecule has 0 aliphatic heterocycles. The molecule has 8 heteroatoms. The number of hydrogen-bond acceptors (Lipinski definition) is 4. The molecular weight excluding hydrogens is 390 g/mol. The maximum Gasteiger partial charge on any atom is 0.255 e. The van der Waals surface area contributed by atoms with Crippen molar-refractivity contribution in [3.05, 3.63) is 59.2 Å². The molecule has 0 aromatic heterocycles. The van der Waals surface area contributed by atoms with E-state index in [-0.39, 0.29) is 28.4 Å². The highest BCUT2D eigenvalue weighted by Gasteiger charge is 2.24. The van der Waals surface area contributed by atoms with Gasteiger partial charge in [-0.25, -0.2) is 13.1 Å². The van der Waals surface area contributed by atoms with E-state index in [2.05, 4.69) is 15.4 Å². The summed E-state index contributed by atoms with van der Waals surface area (Å²) in [7, 11) is -3.70. The van der Waals surface area contributed by atoms with Crippen molar-refractivity contribution in [2.24, 2.45) is 0 Å². The number of anilines is 1. The summed E-state index contributed by atoms with van der Waals surface area (Å²) in [6.07, 6.45) is 1.98. The molecule has 1 aliphatic carbocycles. The fourth-order valence-electron chi connectivity index (χ4n) is 2.77. The number of aryl methyl sites for hydroxylation is 1. The lowest BCUT2D eigenvalue weighted by Crippen LogP contribution is -2.30. The van der Waals surface area contributed by atoms with Crippen molar-refractivity contribution in [2.45, 2.75) is 50.6 Å². The zero-order valence-corrected chi connectivity index (χ0v) is 17.5. The highest BCUT2D eigenvalue weighted by molar-refractivity contribution is 7.89. The van der Waals surface area contributed by atoms with Crippen LogP contribution in [0.1, 0.15) is 53.0 Å². The number of hydrogen-bond donors (Lipinski definition) is 3. The molecule has 0 unspecified atom stereocenters. The van der Waals surface area contributed by atoms with Crippen molar-refractivity contribution < 1.29 is 18.0 Å². The van der Waals surface area contributed by atoms with Gasteiger partial charge in [0.15, 0.2) is 0 Å². The second-order valence-electron chi connectivity index (χ2n) is 7.54. The van der Waals surface area contributed by atoms with E-state index in [9.17, 15) is 18.0 Å². The van der Waals surface area contributed by atoms with Crippen molar-refractivity contribution in [1.82, 2.24) is 10.0 Å². The minimum absolute atomic E-state index is 0.0214. The molecule has 2 aromatic rings. The van der Waals surface area contributed by atoms with Gasteiger partial charge in [-0.1, -0.05) is 12.1 Å². The standard InChI is InChI=1S/C21H25N3O4S/c1-13(2)24-29(27,28)18-6-4-5-15(11-18)21(26)23-19-12-16(8-7-14(19)3)20(25)22-17-9-10-17/h4-8,11-13,17,24H,9-10H2,1-3H3,(H,22,25)(H,23,26). The molecule has 154 valence electrons. The zero-order chi connectivity index (χ0) is 21.2. The molecule has 2 aromatic carbocycles. The smallest absolute Gasteiger partial charge is 0.255 e. The summed E-state index contributed by atoms with van der Waals surface area (Å²) < 4.78 is 27.2. The van der Waals surface area contributed by atoms with Gasteiger partial charge in [-0.3, -0.25) is 9.59 Å². The molecule has 0 spiro atoms. The summed E-state index contributed by atoms with van der Waals surface area (Å²) >= 11 is 0. The van der Waals surface area contributed by atoms with Gasteiger partial charge in [-0.2, -0.15) is 0 Å². The molecule has 1 aliphatic rings. The Labute approximate surface area is 171 Å². The van der Waals surface area contributed by atoms with Crippen LogP contribution in [-0.4, -0.2) is 32.3 Å². The first-order valence-corrected chi connectivity index (χ1v) is 11.0. The Kier molecular flexibility index (Phi) is 6.04. The Morgan fingerprint density at radius 1 is 1.00 bits per heavy atom. The highest BCUT2D eigenvalue weighted by Crippen LogP contribution is 2.22. The van der Waals surface area contributed by atoms with Crippen molar-refractivity contribution in [2.75, 3.05) is 5.32 Å². The first-order valence-electron chi connectivity index (χ1n) is 9.51. The predicted molar refractivity (Wildman–Crippen MR) is 112 cm³/mol. The van der Waals surface area contributed by atoms with Gasteiger partial charge in [0.2, 0.25) is 10.0 Å². The van der Waals surface area contributed by atoms with Crippen molar-refractivity contribution >= 4 is 27.5 Å². The first kappa shape index (κ1) is 21.0. The molecule has 3 N–H and O–H groups in total. The van der Waals surface area contributed by atoms with Crippen LogP contribution in [-0.2, 0) is 10.0 Å². The maximum atomic E-state index is 12.7. The second-order valence-corrected chi connectivity index (χ2v) is 9.25. The third-order valence-electron chi connectivity index (χ3n) is 4.46. The van der Waals surface area contributed by atoms with Gasteiger partial charge in [-0.15, -0.1) is 0 Å². The fraction of sp³-hybridized carbons (Fsp3) is 0.333. The molecule has 0 bridgehead atoms. The number of benzene rings is 2. The van der Waals surface area contributed by atoms with Gasteiger partial charge in [-0.05, 0) is 69.5 Å². The normalized spacial score (nSPS) is 13.9. The summed E-state index contributed by atoms with van der Waals surface area (Å²) in [4.78, 5) is 25.0. The first-order chi connectivity index (χ1) is 13.7. The minimum Gasteiger partial charge on any atom is -0.349 e. The van der Waals surface area contributed by atoms with E-state index in [1.165, 1.54) is 18.2 Å². The second kappa shape index (κ2) is 8.34. The Bertz CT molecular complexity index is 1040. The molecule has 0 atom stereocenters. The molecule has 1 fully saturated rings. The Balaban J connectivity index is 1.80. The predicted octanol–water partition coefficient (Wildman–Crippen LogP) is 2.83. The third kappa shape index (κ3) is 5.42. The lowest BCUT2D eigenvalue weighted by Gasteiger charge is -2.13. The fourth-order valence-corrected chi connectivity index (χ4v) is 4.07. The van der Waals surface area contributed by atoms with E-state index < -0.39 is 15.9 Å². The number of carbonyl (C=O) groups excluding carboxylic acids is 2. The van der Waals surface area contributed by atoms with Crippen LogP contribution in [0.4, 0.5) is 5.69 Å². The van der Waals surface area contributed by atoms with Crippen LogP contribution in [0, 0.1) is 6.92 Å². The molecule has 0 radical (unpaired) electrons. The monoisotopic (exact) mass is 415 g/mol. The number of amides is 2. The molecule has 0 saturated heterocycles. The van der Waals surface area contributed by atoms with Gasteiger partial charge < -0.3 is 10.6 Å². The van der Waals surface area contributed by atoms with Crippen LogP contribution in [0.25, 0.3) is 0 Å². The van der Waals surface area contributed by atoms with Crippen molar-refractivity contribution in [3.63, 3.8) is 0 Å². The Morgan fingerprint density at radius 2 is 1.69 bits per heavy atom. The van der Waals surface area contributed by atoms with E-state index >= 15 is 0 Å². The summed E-state index contributed by atoms with van der Waals surface area (Å²) in [5, 5.41) is 5.69. The lowest BCUT2D eigenvalue weighted by atomic mass is 10.1. The van der Waals surface area contributed by atoms with Crippen LogP contribution >= 0.6 is 0 Å². The minimum atomic E-state index is -3.70. The number of nitrogens with one attached hydrogen (secondary N) is 3. The highest BCUT2D eigenvalue weighted by atomic mass is 32.2. The largest absolute Gasteiger partial charge is 0.349 e. The topological polar surface area (TPSA) is 104 Å². The van der Waals surface area contributed by atoms with E-state index in [0.29, 0.717) is 11.3 Å². The lowest BCUT2D eigenvalue weighted by molar-refractivity contribution is 0.0949. The van der Waals surface area contributed by atoms with Crippen molar-refractivity contribution in [3.8, 4) is 0 Å². The molecule has 29 heavy (non-hydrogen) atoms. The number of carbonyl (C=O) groups is 2. The number of sulfonamides is 1. The van der Waals surface area contributed by atoms with E-state index in [1.54, 1.807) is 38.1 Å². The molecule has 2 amide bonds. The van der Waals surface area contributed by atoms with E-state index in [4.69, 9.17) is 0 Å². The van der Waals surface area contributed by atoms with Gasteiger partial charge >= 0.3 is 0 Å². The molecule has 3 rings (SSSR count). The SMILES string of the molecule is Cc1ccc(C(=O)NC2CC2)cc1NC(=O)c1cccc(S(=O)(=O)NC(C)C)c1. The Morgan fingerprint density at radius 3 is 2.34 bits per heavy atom. The van der Waals surface area contributed by atoms with Crippen LogP contribution in [0.2, 0.25) is 0 Å². The quantitative estimate of drug-likeness (QED) is 0.647. The van der Waals surface area contributed by atoms with Crippen LogP contribution in [0.15, 0.2) is 47.4 Å². The Hall–Kier alpha value is -2.71. The maximum absolute atomic E-state index is 12.7.